The highest BCUT2D eigenvalue weighted by Crippen LogP contribution is 2.20. The van der Waals surface area contributed by atoms with Crippen molar-refractivity contribution in [1.82, 2.24) is 14.6 Å². The van der Waals surface area contributed by atoms with Gasteiger partial charge in [-0.2, -0.15) is 16.1 Å². The maximum Gasteiger partial charge on any atom is 0.244 e. The van der Waals surface area contributed by atoms with Gasteiger partial charge in [0.15, 0.2) is 0 Å². The number of thioether (sulfide) groups is 1. The van der Waals surface area contributed by atoms with Gasteiger partial charge in [-0.05, 0) is 31.7 Å². The summed E-state index contributed by atoms with van der Waals surface area (Å²) in [7, 11) is -1.75. The van der Waals surface area contributed by atoms with E-state index in [1.54, 1.807) is 31.1 Å². The lowest BCUT2D eigenvalue weighted by molar-refractivity contribution is 0.385. The van der Waals surface area contributed by atoms with Crippen molar-refractivity contribution >= 4 is 21.8 Å². The van der Waals surface area contributed by atoms with E-state index in [9.17, 15) is 8.42 Å². The molecule has 0 aliphatic rings. The summed E-state index contributed by atoms with van der Waals surface area (Å²) in [6, 6.07) is 1.75. The molecule has 1 atom stereocenters. The van der Waals surface area contributed by atoms with Gasteiger partial charge in [0.2, 0.25) is 10.0 Å². The van der Waals surface area contributed by atoms with Crippen molar-refractivity contribution in [3.8, 4) is 0 Å². The Morgan fingerprint density at radius 2 is 2.14 bits per heavy atom. The summed E-state index contributed by atoms with van der Waals surface area (Å²) in [5, 5.41) is 3.26. The second kappa shape index (κ2) is 8.82. The van der Waals surface area contributed by atoms with Crippen LogP contribution in [0.5, 0.6) is 0 Å². The molecule has 2 N–H and O–H groups in total. The van der Waals surface area contributed by atoms with Gasteiger partial charge in [0.1, 0.15) is 0 Å². The molecule has 1 heterocycles. The van der Waals surface area contributed by atoms with Crippen LogP contribution in [0.3, 0.4) is 0 Å². The van der Waals surface area contributed by atoms with Gasteiger partial charge < -0.3 is 10.3 Å². The highest BCUT2D eigenvalue weighted by molar-refractivity contribution is 7.98. The number of nitrogens with zero attached hydrogens (tertiary/aromatic N) is 1. The van der Waals surface area contributed by atoms with Gasteiger partial charge in [0.25, 0.3) is 0 Å². The third kappa shape index (κ3) is 5.02. The van der Waals surface area contributed by atoms with Crippen molar-refractivity contribution in [2.24, 2.45) is 0 Å². The van der Waals surface area contributed by atoms with Crippen molar-refractivity contribution in [1.29, 1.82) is 0 Å². The summed E-state index contributed by atoms with van der Waals surface area (Å²) in [4.78, 5) is 3.39. The Kier molecular flexibility index (Phi) is 7.79. The molecular weight excluding hydrogens is 306 g/mol. The average molecular weight is 334 g/mol. The summed E-state index contributed by atoms with van der Waals surface area (Å²) in [5.41, 5.74) is 0.897. The number of sulfonamides is 1. The van der Waals surface area contributed by atoms with Gasteiger partial charge in [-0.3, -0.25) is 0 Å². The number of aromatic amines is 1. The lowest BCUT2D eigenvalue weighted by atomic mass is 10.3. The van der Waals surface area contributed by atoms with Crippen LogP contribution < -0.4 is 5.32 Å². The van der Waals surface area contributed by atoms with Crippen LogP contribution in [0.4, 0.5) is 0 Å². The minimum absolute atomic E-state index is 0.0292. The average Bonchev–Trinajstić information content (AvgIpc) is 2.94. The van der Waals surface area contributed by atoms with E-state index in [2.05, 4.69) is 17.2 Å². The first-order chi connectivity index (χ1) is 9.97. The van der Waals surface area contributed by atoms with Crippen molar-refractivity contribution in [3.05, 3.63) is 18.0 Å². The summed E-state index contributed by atoms with van der Waals surface area (Å²) in [5.74, 6) is 0.807. The minimum atomic E-state index is -3.42. The third-order valence-electron chi connectivity index (χ3n) is 3.48. The van der Waals surface area contributed by atoms with E-state index in [1.165, 1.54) is 4.31 Å². The van der Waals surface area contributed by atoms with Gasteiger partial charge in [-0.15, -0.1) is 0 Å². The number of H-pyrrole nitrogens is 1. The Morgan fingerprint density at radius 3 is 2.71 bits per heavy atom. The highest BCUT2D eigenvalue weighted by Gasteiger charge is 2.27. The van der Waals surface area contributed by atoms with Gasteiger partial charge >= 0.3 is 0 Å². The molecule has 21 heavy (non-hydrogen) atoms. The number of aromatic nitrogens is 1. The number of hydrogen-bond acceptors (Lipinski definition) is 4. The van der Waals surface area contributed by atoms with Crippen LogP contribution in [0.15, 0.2) is 17.2 Å². The molecule has 5 nitrogen and oxygen atoms in total. The lowest BCUT2D eigenvalue weighted by Gasteiger charge is -2.25. The second-order valence-electron chi connectivity index (χ2n) is 5.08. The molecule has 0 amide bonds. The Bertz CT molecular complexity index is 514. The molecule has 0 radical (unpaired) electrons. The lowest BCUT2D eigenvalue weighted by Crippen LogP contribution is -2.38. The molecule has 122 valence electrons. The largest absolute Gasteiger partial charge is 0.363 e. The van der Waals surface area contributed by atoms with Gasteiger partial charge in [-0.25, -0.2) is 8.42 Å². The zero-order chi connectivity index (χ0) is 15.9. The molecule has 1 aromatic heterocycles. The zero-order valence-corrected chi connectivity index (χ0v) is 15.0. The minimum Gasteiger partial charge on any atom is -0.363 e. The van der Waals surface area contributed by atoms with E-state index >= 15 is 0 Å². The summed E-state index contributed by atoms with van der Waals surface area (Å²) in [6.45, 7) is 5.70. The van der Waals surface area contributed by atoms with E-state index in [0.29, 0.717) is 11.4 Å². The zero-order valence-electron chi connectivity index (χ0n) is 13.3. The van der Waals surface area contributed by atoms with Crippen LogP contribution in [-0.2, 0) is 16.6 Å². The van der Waals surface area contributed by atoms with Crippen molar-refractivity contribution < 1.29 is 8.42 Å². The molecule has 1 aromatic rings. The Morgan fingerprint density at radius 1 is 1.43 bits per heavy atom. The van der Waals surface area contributed by atoms with Crippen LogP contribution in [0, 0.1) is 0 Å². The molecule has 0 fully saturated rings. The molecule has 0 bridgehead atoms. The van der Waals surface area contributed by atoms with Gasteiger partial charge in [0, 0.05) is 37.3 Å². The van der Waals surface area contributed by atoms with Crippen LogP contribution in [0.25, 0.3) is 0 Å². The number of hydrogen-bond donors (Lipinski definition) is 2. The molecule has 0 aliphatic heterocycles. The maximum atomic E-state index is 12.6. The normalized spacial score (nSPS) is 13.8. The highest BCUT2D eigenvalue weighted by atomic mass is 32.2. The summed E-state index contributed by atoms with van der Waals surface area (Å²) < 4.78 is 26.7. The smallest absolute Gasteiger partial charge is 0.244 e. The monoisotopic (exact) mass is 333 g/mol. The van der Waals surface area contributed by atoms with E-state index in [4.69, 9.17) is 0 Å². The first-order valence-electron chi connectivity index (χ1n) is 7.32. The van der Waals surface area contributed by atoms with Crippen LogP contribution in [0.2, 0.25) is 0 Å². The fraction of sp³-hybridized carbons (Fsp3) is 0.714. The van der Waals surface area contributed by atoms with Crippen molar-refractivity contribution in [2.45, 2.75) is 44.2 Å². The summed E-state index contributed by atoms with van der Waals surface area (Å²) >= 11 is 1.67. The Hall–Kier alpha value is -0.500. The van der Waals surface area contributed by atoms with Gasteiger partial charge in [-0.1, -0.05) is 13.8 Å². The van der Waals surface area contributed by atoms with Crippen LogP contribution in [0.1, 0.15) is 32.4 Å². The topological polar surface area (TPSA) is 65.2 Å². The molecule has 0 aromatic carbocycles. The van der Waals surface area contributed by atoms with E-state index in [0.717, 1.165) is 30.8 Å². The third-order valence-corrected chi connectivity index (χ3v) is 6.09. The Balaban J connectivity index is 2.82. The molecular formula is C14H27N3O2S2. The predicted molar refractivity (Wildman–Crippen MR) is 90.2 cm³/mol. The first-order valence-corrected chi connectivity index (χ1v) is 10.2. The molecule has 1 rings (SSSR count). The molecule has 1 unspecified atom stereocenters. The SMILES string of the molecule is CCCNCc1cc(S(=O)(=O)N(C)C(CC)CSC)c[nH]1. The second-order valence-corrected chi connectivity index (χ2v) is 7.98. The fourth-order valence-corrected chi connectivity index (χ4v) is 4.49. The fourth-order valence-electron chi connectivity index (χ4n) is 2.10. The van der Waals surface area contributed by atoms with Crippen molar-refractivity contribution in [3.63, 3.8) is 0 Å². The van der Waals surface area contributed by atoms with Gasteiger partial charge in [0.05, 0.1) is 4.90 Å². The first kappa shape index (κ1) is 18.5. The van der Waals surface area contributed by atoms with Crippen molar-refractivity contribution in [2.75, 3.05) is 25.6 Å². The summed E-state index contributed by atoms with van der Waals surface area (Å²) in [6.07, 6.45) is 5.45. The van der Waals surface area contributed by atoms with Crippen LogP contribution >= 0.6 is 11.8 Å². The molecule has 7 heteroatoms. The predicted octanol–water partition coefficient (Wildman–Crippen LogP) is 2.28. The molecule has 0 saturated heterocycles. The van der Waals surface area contributed by atoms with E-state index in [1.807, 2.05) is 13.2 Å². The van der Waals surface area contributed by atoms with E-state index < -0.39 is 10.0 Å². The Labute approximate surface area is 132 Å². The standard InChI is InChI=1S/C14H27N3O2S2/c1-5-7-15-9-12-8-14(10-16-12)21(18,19)17(3)13(6-2)11-20-4/h8,10,13,15-16H,5-7,9,11H2,1-4H3. The van der Waals surface area contributed by atoms with Crippen LogP contribution in [-0.4, -0.2) is 49.3 Å². The maximum absolute atomic E-state index is 12.6. The number of nitrogens with one attached hydrogen (secondary N) is 2. The molecule has 0 spiro atoms. The quantitative estimate of drug-likeness (QED) is 0.645. The molecule has 0 aliphatic carbocycles. The number of rotatable bonds is 10. The molecule has 0 saturated carbocycles. The van der Waals surface area contributed by atoms with E-state index in [-0.39, 0.29) is 6.04 Å².